The van der Waals surface area contributed by atoms with Gasteiger partial charge in [0.15, 0.2) is 0 Å². The lowest BCUT2D eigenvalue weighted by atomic mass is 9.95. The van der Waals surface area contributed by atoms with Crippen LogP contribution in [0.3, 0.4) is 0 Å². The van der Waals surface area contributed by atoms with Gasteiger partial charge in [0, 0.05) is 5.70 Å². The highest BCUT2D eigenvalue weighted by molar-refractivity contribution is 5.95. The van der Waals surface area contributed by atoms with Gasteiger partial charge in [-0.05, 0) is 49.8 Å². The van der Waals surface area contributed by atoms with Crippen LogP contribution in [0.25, 0.3) is 0 Å². The van der Waals surface area contributed by atoms with Crippen molar-refractivity contribution in [3.05, 3.63) is 41.1 Å². The molecule has 0 bridgehead atoms. The molecule has 0 spiro atoms. The molecule has 1 aliphatic carbocycles. The smallest absolute Gasteiger partial charge is 0.338 e. The van der Waals surface area contributed by atoms with Crippen molar-refractivity contribution < 1.29 is 19.1 Å². The molecule has 0 unspecified atom stereocenters. The molecule has 6 nitrogen and oxygen atoms in total. The van der Waals surface area contributed by atoms with E-state index in [1.165, 1.54) is 0 Å². The van der Waals surface area contributed by atoms with Crippen molar-refractivity contribution in [3.63, 3.8) is 0 Å². The Bertz CT molecular complexity index is 696. The Labute approximate surface area is 147 Å². The third-order valence-corrected chi connectivity index (χ3v) is 4.98. The van der Waals surface area contributed by atoms with Crippen molar-refractivity contribution in [1.29, 1.82) is 0 Å². The molecule has 3 rings (SSSR count). The number of allylic oxidation sites excluding steroid dienone is 1. The van der Waals surface area contributed by atoms with E-state index < -0.39 is 6.04 Å². The maximum Gasteiger partial charge on any atom is 0.338 e. The lowest BCUT2D eigenvalue weighted by Crippen LogP contribution is -2.45. The second-order valence-corrected chi connectivity index (χ2v) is 6.70. The molecule has 0 saturated heterocycles. The Hall–Kier alpha value is -2.50. The minimum atomic E-state index is -0.538. The van der Waals surface area contributed by atoms with Gasteiger partial charge in [0.1, 0.15) is 11.9 Å². The van der Waals surface area contributed by atoms with Crippen LogP contribution < -0.4 is 15.4 Å². The van der Waals surface area contributed by atoms with E-state index in [0.29, 0.717) is 22.9 Å². The molecule has 2 amide bonds. The van der Waals surface area contributed by atoms with E-state index in [1.807, 2.05) is 12.1 Å². The molecule has 0 radical (unpaired) electrons. The van der Waals surface area contributed by atoms with Crippen LogP contribution in [0.2, 0.25) is 0 Å². The van der Waals surface area contributed by atoms with E-state index in [0.717, 1.165) is 24.8 Å². The van der Waals surface area contributed by atoms with Crippen LogP contribution in [0, 0.1) is 5.92 Å². The van der Waals surface area contributed by atoms with Gasteiger partial charge < -0.3 is 20.1 Å². The number of amides is 2. The Kier molecular flexibility index (Phi) is 4.97. The summed E-state index contributed by atoms with van der Waals surface area (Å²) in [5.41, 5.74) is 1.78. The van der Waals surface area contributed by atoms with Crippen LogP contribution in [-0.4, -0.2) is 25.2 Å². The van der Waals surface area contributed by atoms with Gasteiger partial charge in [-0.25, -0.2) is 9.59 Å². The van der Waals surface area contributed by atoms with Crippen LogP contribution >= 0.6 is 0 Å². The molecule has 1 heterocycles. The number of methoxy groups -OCH3 is 1. The van der Waals surface area contributed by atoms with E-state index in [-0.39, 0.29) is 18.1 Å². The summed E-state index contributed by atoms with van der Waals surface area (Å²) in [6, 6.07) is 6.43. The number of hydrogen-bond acceptors (Lipinski definition) is 4. The van der Waals surface area contributed by atoms with Crippen LogP contribution in [0.15, 0.2) is 35.5 Å². The van der Waals surface area contributed by atoms with E-state index in [1.54, 1.807) is 26.2 Å². The van der Waals surface area contributed by atoms with E-state index >= 15 is 0 Å². The first-order valence-corrected chi connectivity index (χ1v) is 8.63. The van der Waals surface area contributed by atoms with Crippen molar-refractivity contribution in [2.24, 2.45) is 5.92 Å². The van der Waals surface area contributed by atoms with Gasteiger partial charge in [0.25, 0.3) is 0 Å². The summed E-state index contributed by atoms with van der Waals surface area (Å²) in [5, 5.41) is 5.49. The molecule has 25 heavy (non-hydrogen) atoms. The number of carbonyl (C=O) groups excluding carboxylic acids is 2. The van der Waals surface area contributed by atoms with Crippen molar-refractivity contribution in [1.82, 2.24) is 10.6 Å². The average Bonchev–Trinajstić information content (AvgIpc) is 2.99. The number of benzene rings is 1. The minimum absolute atomic E-state index is 0.0538. The van der Waals surface area contributed by atoms with Crippen molar-refractivity contribution in [2.75, 3.05) is 7.11 Å². The predicted molar refractivity (Wildman–Crippen MR) is 93.0 cm³/mol. The summed E-state index contributed by atoms with van der Waals surface area (Å²) < 4.78 is 10.9. The number of carbonyl (C=O) groups is 2. The lowest BCUT2D eigenvalue weighted by molar-refractivity contribution is -0.146. The zero-order valence-electron chi connectivity index (χ0n) is 14.8. The molecule has 6 heteroatoms. The zero-order valence-corrected chi connectivity index (χ0v) is 14.8. The summed E-state index contributed by atoms with van der Waals surface area (Å²) in [5.74, 6) is 0.716. The Balaban J connectivity index is 1.87. The standard InChI is InChI=1S/C19H24N2O4/c1-11-5-4-6-15(11)25-18(22)16-12(2)20-19(23)21-17(16)13-7-9-14(24-3)10-8-13/h7-11,15,17H,4-6H2,1-3H3,(H2,20,21,23)/t11-,15+,17-/m0/s1. The fraction of sp³-hybridized carbons (Fsp3) is 0.474. The molecular weight excluding hydrogens is 320 g/mol. The largest absolute Gasteiger partial charge is 0.497 e. The summed E-state index contributed by atoms with van der Waals surface area (Å²) in [4.78, 5) is 24.7. The normalized spacial score (nSPS) is 26.0. The second-order valence-electron chi connectivity index (χ2n) is 6.70. The molecule has 134 valence electrons. The molecule has 0 aromatic heterocycles. The molecule has 3 atom stereocenters. The maximum absolute atomic E-state index is 12.8. The van der Waals surface area contributed by atoms with E-state index in [2.05, 4.69) is 17.6 Å². The first-order valence-electron chi connectivity index (χ1n) is 8.63. The second kappa shape index (κ2) is 7.17. The molecular formula is C19H24N2O4. The van der Waals surface area contributed by atoms with Crippen LogP contribution in [0.1, 0.15) is 44.7 Å². The number of nitrogens with one attached hydrogen (secondary N) is 2. The minimum Gasteiger partial charge on any atom is -0.497 e. The average molecular weight is 344 g/mol. The summed E-state index contributed by atoms with van der Waals surface area (Å²) >= 11 is 0. The van der Waals surface area contributed by atoms with Gasteiger partial charge in [-0.2, -0.15) is 0 Å². The van der Waals surface area contributed by atoms with Crippen molar-refractivity contribution in [3.8, 4) is 5.75 Å². The highest BCUT2D eigenvalue weighted by Crippen LogP contribution is 2.32. The Morgan fingerprint density at radius 2 is 1.92 bits per heavy atom. The lowest BCUT2D eigenvalue weighted by Gasteiger charge is -2.29. The summed E-state index contributed by atoms with van der Waals surface area (Å²) in [7, 11) is 1.59. The first-order chi connectivity index (χ1) is 12.0. The molecule has 1 aromatic rings. The van der Waals surface area contributed by atoms with Crippen LogP contribution in [-0.2, 0) is 9.53 Å². The molecule has 2 aliphatic rings. The topological polar surface area (TPSA) is 76.7 Å². The third-order valence-electron chi connectivity index (χ3n) is 4.98. The van der Waals surface area contributed by atoms with Crippen molar-refractivity contribution in [2.45, 2.75) is 45.3 Å². The predicted octanol–water partition coefficient (Wildman–Crippen LogP) is 3.05. The molecule has 2 N–H and O–H groups in total. The van der Waals surface area contributed by atoms with Gasteiger partial charge in [-0.1, -0.05) is 19.1 Å². The molecule has 1 aliphatic heterocycles. The highest BCUT2D eigenvalue weighted by Gasteiger charge is 2.35. The summed E-state index contributed by atoms with van der Waals surface area (Å²) in [6.45, 7) is 3.83. The molecule has 1 saturated carbocycles. The van der Waals surface area contributed by atoms with Gasteiger partial charge in [-0.3, -0.25) is 0 Å². The van der Waals surface area contributed by atoms with Crippen LogP contribution in [0.4, 0.5) is 4.79 Å². The van der Waals surface area contributed by atoms with Gasteiger partial charge in [-0.15, -0.1) is 0 Å². The van der Waals surface area contributed by atoms with Gasteiger partial charge in [0.05, 0.1) is 18.7 Å². The quantitative estimate of drug-likeness (QED) is 0.823. The molecule has 1 fully saturated rings. The zero-order chi connectivity index (χ0) is 18.0. The fourth-order valence-electron chi connectivity index (χ4n) is 3.50. The third kappa shape index (κ3) is 3.62. The van der Waals surface area contributed by atoms with E-state index in [9.17, 15) is 9.59 Å². The fourth-order valence-corrected chi connectivity index (χ4v) is 3.50. The van der Waals surface area contributed by atoms with Gasteiger partial charge >= 0.3 is 12.0 Å². The van der Waals surface area contributed by atoms with E-state index in [4.69, 9.17) is 9.47 Å². The number of esters is 1. The van der Waals surface area contributed by atoms with Crippen LogP contribution in [0.5, 0.6) is 5.75 Å². The number of rotatable bonds is 4. The highest BCUT2D eigenvalue weighted by atomic mass is 16.5. The number of hydrogen-bond donors (Lipinski definition) is 2. The SMILES string of the molecule is COc1ccc([C@@H]2NC(=O)NC(C)=C2C(=O)O[C@@H]2CCC[C@@H]2C)cc1. The Morgan fingerprint density at radius 1 is 1.20 bits per heavy atom. The first kappa shape index (κ1) is 17.3. The Morgan fingerprint density at radius 3 is 2.52 bits per heavy atom. The number of ether oxygens (including phenoxy) is 2. The molecule has 1 aromatic carbocycles. The summed E-state index contributed by atoms with van der Waals surface area (Å²) in [6.07, 6.45) is 2.99. The van der Waals surface area contributed by atoms with Crippen molar-refractivity contribution >= 4 is 12.0 Å². The van der Waals surface area contributed by atoms with Gasteiger partial charge in [0.2, 0.25) is 0 Å². The monoisotopic (exact) mass is 344 g/mol. The maximum atomic E-state index is 12.8. The number of urea groups is 1.